The first-order valence-electron chi connectivity index (χ1n) is 7.71. The van der Waals surface area contributed by atoms with Crippen molar-refractivity contribution in [1.82, 2.24) is 5.32 Å². The molecule has 0 amide bonds. The molecule has 2 saturated carbocycles. The minimum absolute atomic E-state index is 0.603. The van der Waals surface area contributed by atoms with Crippen molar-refractivity contribution in [2.75, 3.05) is 0 Å². The highest BCUT2D eigenvalue weighted by Crippen LogP contribution is 2.36. The molecule has 0 aromatic rings. The Morgan fingerprint density at radius 1 is 0.824 bits per heavy atom. The van der Waals surface area contributed by atoms with Crippen LogP contribution in [0.5, 0.6) is 0 Å². The van der Waals surface area contributed by atoms with Gasteiger partial charge in [-0.1, -0.05) is 27.7 Å². The minimum Gasteiger partial charge on any atom is -0.311 e. The third-order valence-corrected chi connectivity index (χ3v) is 4.99. The van der Waals surface area contributed by atoms with Crippen LogP contribution in [-0.2, 0) is 0 Å². The lowest BCUT2D eigenvalue weighted by atomic mass is 9.74. The molecule has 1 nitrogen and oxygen atoms in total. The van der Waals surface area contributed by atoms with Crippen molar-refractivity contribution in [3.63, 3.8) is 0 Å². The van der Waals surface area contributed by atoms with Crippen molar-refractivity contribution in [2.45, 2.75) is 84.7 Å². The monoisotopic (exact) mass is 237 g/mol. The van der Waals surface area contributed by atoms with E-state index >= 15 is 0 Å². The van der Waals surface area contributed by atoms with Gasteiger partial charge in [-0.2, -0.15) is 0 Å². The molecule has 2 rings (SSSR count). The van der Waals surface area contributed by atoms with Gasteiger partial charge >= 0.3 is 0 Å². The molecule has 2 fully saturated rings. The lowest BCUT2D eigenvalue weighted by molar-refractivity contribution is 0.169. The molecule has 0 saturated heterocycles. The molecule has 17 heavy (non-hydrogen) atoms. The highest BCUT2D eigenvalue weighted by Gasteiger charge is 2.30. The fourth-order valence-corrected chi connectivity index (χ4v) is 3.98. The van der Waals surface area contributed by atoms with Crippen LogP contribution >= 0.6 is 0 Å². The molecule has 100 valence electrons. The fraction of sp³-hybridized carbons (Fsp3) is 1.00. The molecule has 1 heteroatoms. The van der Waals surface area contributed by atoms with Crippen molar-refractivity contribution in [2.24, 2.45) is 17.3 Å². The first kappa shape index (κ1) is 13.4. The molecule has 2 aliphatic rings. The van der Waals surface area contributed by atoms with E-state index in [-0.39, 0.29) is 0 Å². The van der Waals surface area contributed by atoms with E-state index in [1.807, 2.05) is 0 Å². The smallest absolute Gasteiger partial charge is 0.00747 e. The third kappa shape index (κ3) is 3.98. The van der Waals surface area contributed by atoms with Gasteiger partial charge in [0, 0.05) is 12.1 Å². The summed E-state index contributed by atoms with van der Waals surface area (Å²) in [6, 6.07) is 1.62. The standard InChI is InChI=1S/C16H31N/c1-12-9-13(2)11-15(10-12)17-14-5-7-16(3,4)8-6-14/h12-15,17H,5-11H2,1-4H3. The van der Waals surface area contributed by atoms with E-state index in [9.17, 15) is 0 Å². The van der Waals surface area contributed by atoms with Crippen LogP contribution in [0.1, 0.15) is 72.6 Å². The van der Waals surface area contributed by atoms with Gasteiger partial charge in [0.15, 0.2) is 0 Å². The van der Waals surface area contributed by atoms with Gasteiger partial charge in [-0.25, -0.2) is 0 Å². The quantitative estimate of drug-likeness (QED) is 0.752. The Balaban J connectivity index is 1.77. The van der Waals surface area contributed by atoms with E-state index in [0.29, 0.717) is 5.41 Å². The highest BCUT2D eigenvalue weighted by atomic mass is 15.0. The van der Waals surface area contributed by atoms with E-state index in [2.05, 4.69) is 33.0 Å². The van der Waals surface area contributed by atoms with E-state index in [4.69, 9.17) is 0 Å². The van der Waals surface area contributed by atoms with Gasteiger partial charge in [0.05, 0.1) is 0 Å². The van der Waals surface area contributed by atoms with Crippen molar-refractivity contribution in [1.29, 1.82) is 0 Å². The molecule has 0 aromatic carbocycles. The van der Waals surface area contributed by atoms with Crippen molar-refractivity contribution >= 4 is 0 Å². The van der Waals surface area contributed by atoms with Gasteiger partial charge < -0.3 is 5.32 Å². The molecule has 0 aliphatic heterocycles. The zero-order valence-electron chi connectivity index (χ0n) is 12.3. The second kappa shape index (κ2) is 5.30. The molecule has 0 heterocycles. The summed E-state index contributed by atoms with van der Waals surface area (Å²) in [5, 5.41) is 3.96. The summed E-state index contributed by atoms with van der Waals surface area (Å²) in [4.78, 5) is 0. The first-order chi connectivity index (χ1) is 7.94. The van der Waals surface area contributed by atoms with Crippen LogP contribution in [0, 0.1) is 17.3 Å². The summed E-state index contributed by atoms with van der Waals surface area (Å²) in [5.74, 6) is 1.85. The van der Waals surface area contributed by atoms with Crippen LogP contribution in [0.3, 0.4) is 0 Å². The summed E-state index contributed by atoms with van der Waals surface area (Å²) < 4.78 is 0. The van der Waals surface area contributed by atoms with Gasteiger partial charge in [-0.15, -0.1) is 0 Å². The summed E-state index contributed by atoms with van der Waals surface area (Å²) in [6.07, 6.45) is 9.86. The topological polar surface area (TPSA) is 12.0 Å². The lowest BCUT2D eigenvalue weighted by Crippen LogP contribution is -2.44. The second-order valence-electron chi connectivity index (χ2n) is 7.72. The summed E-state index contributed by atoms with van der Waals surface area (Å²) in [5.41, 5.74) is 0.603. The zero-order chi connectivity index (χ0) is 12.5. The molecule has 0 bridgehead atoms. The Morgan fingerprint density at radius 3 is 1.88 bits per heavy atom. The molecule has 2 aliphatic carbocycles. The molecule has 2 unspecified atom stereocenters. The minimum atomic E-state index is 0.603. The summed E-state index contributed by atoms with van der Waals surface area (Å²) >= 11 is 0. The lowest BCUT2D eigenvalue weighted by Gasteiger charge is -2.39. The molecule has 0 radical (unpaired) electrons. The average Bonchev–Trinajstić information content (AvgIpc) is 2.20. The summed E-state index contributed by atoms with van der Waals surface area (Å²) in [7, 11) is 0. The Bertz CT molecular complexity index is 226. The van der Waals surface area contributed by atoms with Crippen molar-refractivity contribution in [3.05, 3.63) is 0 Å². The second-order valence-corrected chi connectivity index (χ2v) is 7.72. The molecular formula is C16H31N. The molecule has 0 spiro atoms. The Labute approximate surface area is 108 Å². The zero-order valence-corrected chi connectivity index (χ0v) is 12.3. The van der Waals surface area contributed by atoms with Crippen LogP contribution in [0.2, 0.25) is 0 Å². The first-order valence-corrected chi connectivity index (χ1v) is 7.71. The van der Waals surface area contributed by atoms with Gasteiger partial charge in [0.2, 0.25) is 0 Å². The maximum Gasteiger partial charge on any atom is 0.00747 e. The third-order valence-electron chi connectivity index (χ3n) is 4.99. The van der Waals surface area contributed by atoms with E-state index in [1.165, 1.54) is 44.9 Å². The predicted molar refractivity (Wildman–Crippen MR) is 75.1 cm³/mol. The van der Waals surface area contributed by atoms with Crippen LogP contribution in [-0.4, -0.2) is 12.1 Å². The van der Waals surface area contributed by atoms with Gasteiger partial charge in [0.25, 0.3) is 0 Å². The molecule has 2 atom stereocenters. The van der Waals surface area contributed by atoms with Gasteiger partial charge in [0.1, 0.15) is 0 Å². The molecule has 1 N–H and O–H groups in total. The Hall–Kier alpha value is -0.0400. The van der Waals surface area contributed by atoms with Crippen molar-refractivity contribution in [3.8, 4) is 0 Å². The van der Waals surface area contributed by atoms with E-state index < -0.39 is 0 Å². The van der Waals surface area contributed by atoms with Crippen molar-refractivity contribution < 1.29 is 0 Å². The maximum atomic E-state index is 3.96. The largest absolute Gasteiger partial charge is 0.311 e. The van der Waals surface area contributed by atoms with Crippen LogP contribution in [0.25, 0.3) is 0 Å². The molecular weight excluding hydrogens is 206 g/mol. The average molecular weight is 237 g/mol. The van der Waals surface area contributed by atoms with E-state index in [0.717, 1.165) is 23.9 Å². The van der Waals surface area contributed by atoms with Crippen LogP contribution in [0.4, 0.5) is 0 Å². The number of hydrogen-bond donors (Lipinski definition) is 1. The number of nitrogens with one attached hydrogen (secondary N) is 1. The SMILES string of the molecule is CC1CC(C)CC(NC2CCC(C)(C)CC2)C1. The maximum absolute atomic E-state index is 3.96. The van der Waals surface area contributed by atoms with Crippen LogP contribution < -0.4 is 5.32 Å². The molecule has 0 aromatic heterocycles. The highest BCUT2D eigenvalue weighted by molar-refractivity contribution is 4.87. The fourth-order valence-electron chi connectivity index (χ4n) is 3.98. The Kier molecular flexibility index (Phi) is 4.18. The van der Waals surface area contributed by atoms with Gasteiger partial charge in [-0.3, -0.25) is 0 Å². The van der Waals surface area contributed by atoms with Gasteiger partial charge in [-0.05, 0) is 62.2 Å². The number of hydrogen-bond acceptors (Lipinski definition) is 1. The normalized spacial score (nSPS) is 39.2. The Morgan fingerprint density at radius 2 is 1.35 bits per heavy atom. The van der Waals surface area contributed by atoms with E-state index in [1.54, 1.807) is 0 Å². The van der Waals surface area contributed by atoms with Crippen LogP contribution in [0.15, 0.2) is 0 Å². The summed E-state index contributed by atoms with van der Waals surface area (Å²) in [6.45, 7) is 9.70. The predicted octanol–water partition coefficient (Wildman–Crippen LogP) is 4.37. The number of rotatable bonds is 2.